The van der Waals surface area contributed by atoms with Crippen molar-refractivity contribution in [1.82, 2.24) is 14.9 Å². The lowest BCUT2D eigenvalue weighted by molar-refractivity contribution is -0.137. The maximum atomic E-state index is 13.2. The van der Waals surface area contributed by atoms with Crippen LogP contribution in [-0.2, 0) is 19.1 Å². The summed E-state index contributed by atoms with van der Waals surface area (Å²) in [7, 11) is 1.56. The summed E-state index contributed by atoms with van der Waals surface area (Å²) in [6.07, 6.45) is -1.88. The van der Waals surface area contributed by atoms with Crippen molar-refractivity contribution < 1.29 is 27.4 Å². The first-order chi connectivity index (χ1) is 18.2. The van der Waals surface area contributed by atoms with E-state index in [2.05, 4.69) is 11.8 Å². The number of hydrogen-bond acceptors (Lipinski definition) is 6. The largest absolute Gasteiger partial charge is 0.493 e. The molecule has 5 rings (SSSR count). The van der Waals surface area contributed by atoms with Crippen LogP contribution in [0.5, 0.6) is 17.4 Å². The van der Waals surface area contributed by atoms with Gasteiger partial charge in [-0.05, 0) is 55.2 Å². The molecule has 0 spiro atoms. The van der Waals surface area contributed by atoms with Crippen molar-refractivity contribution >= 4 is 11.9 Å². The van der Waals surface area contributed by atoms with E-state index < -0.39 is 11.7 Å². The molecular weight excluding hydrogens is 497 g/mol. The van der Waals surface area contributed by atoms with Crippen LogP contribution in [0.25, 0.3) is 0 Å². The molecule has 0 saturated carbocycles. The highest BCUT2D eigenvalue weighted by atomic mass is 19.4. The zero-order valence-corrected chi connectivity index (χ0v) is 21.3. The molecule has 38 heavy (non-hydrogen) atoms. The second-order valence-electron chi connectivity index (χ2n) is 9.73. The van der Waals surface area contributed by atoms with Crippen LogP contribution in [0.1, 0.15) is 46.9 Å². The minimum absolute atomic E-state index is 0.178. The Labute approximate surface area is 219 Å². The Kier molecular flexibility index (Phi) is 7.14. The normalized spacial score (nSPS) is 16.2. The highest BCUT2D eigenvalue weighted by Gasteiger charge is 2.32. The summed E-state index contributed by atoms with van der Waals surface area (Å²) in [5.41, 5.74) is 0.874. The Morgan fingerprint density at radius 3 is 2.32 bits per heavy atom. The number of nitrogens with zero attached hydrogens (tertiary/aromatic N) is 4. The third-order valence-corrected chi connectivity index (χ3v) is 7.10. The molecule has 10 heteroatoms. The minimum atomic E-state index is -4.46. The summed E-state index contributed by atoms with van der Waals surface area (Å²) >= 11 is 0. The molecule has 0 radical (unpaired) electrons. The zero-order valence-electron chi connectivity index (χ0n) is 21.3. The standard InChI is InChI=1S/C28H29F3N4O3/c1-18-11-14-34(15-12-18)27-32-22-13-16-35(26(36)19-7-9-20(10-8-19)28(29,30)31)17-21(22)25(33-27)38-24-6-4-3-5-23(24)37-2/h3-10,18H,11-17H2,1-2H3. The zero-order chi connectivity index (χ0) is 26.9. The number of methoxy groups -OCH3 is 1. The first kappa shape index (κ1) is 25.8. The number of anilines is 1. The van der Waals surface area contributed by atoms with Crippen LogP contribution >= 0.6 is 0 Å². The molecule has 1 aromatic heterocycles. The molecule has 1 amide bonds. The van der Waals surface area contributed by atoms with Crippen LogP contribution in [0.2, 0.25) is 0 Å². The van der Waals surface area contributed by atoms with Crippen molar-refractivity contribution in [3.8, 4) is 17.4 Å². The SMILES string of the molecule is COc1ccccc1Oc1nc(N2CCC(C)CC2)nc2c1CN(C(=O)c1ccc(C(F)(F)F)cc1)CC2. The molecule has 7 nitrogen and oxygen atoms in total. The molecular formula is C28H29F3N4O3. The molecule has 0 N–H and O–H groups in total. The van der Waals surface area contributed by atoms with E-state index in [0.717, 1.165) is 43.8 Å². The fraction of sp³-hybridized carbons (Fsp3) is 0.393. The van der Waals surface area contributed by atoms with Gasteiger partial charge in [0, 0.05) is 31.6 Å². The van der Waals surface area contributed by atoms with E-state index in [0.29, 0.717) is 47.8 Å². The first-order valence-corrected chi connectivity index (χ1v) is 12.6. The maximum absolute atomic E-state index is 13.2. The molecule has 0 aliphatic carbocycles. The van der Waals surface area contributed by atoms with Gasteiger partial charge in [0.05, 0.1) is 30.5 Å². The average molecular weight is 527 g/mol. The van der Waals surface area contributed by atoms with Crippen molar-refractivity contribution in [1.29, 1.82) is 0 Å². The Morgan fingerprint density at radius 1 is 0.974 bits per heavy atom. The molecule has 0 atom stereocenters. The Morgan fingerprint density at radius 2 is 1.66 bits per heavy atom. The highest BCUT2D eigenvalue weighted by Crippen LogP contribution is 2.36. The summed E-state index contributed by atoms with van der Waals surface area (Å²) in [5, 5.41) is 0. The Balaban J connectivity index is 1.46. The van der Waals surface area contributed by atoms with Crippen LogP contribution in [0.4, 0.5) is 19.1 Å². The molecule has 2 aromatic carbocycles. The number of para-hydroxylation sites is 2. The van der Waals surface area contributed by atoms with Gasteiger partial charge in [-0.25, -0.2) is 4.98 Å². The summed E-state index contributed by atoms with van der Waals surface area (Å²) in [6, 6.07) is 11.5. The molecule has 0 unspecified atom stereocenters. The molecule has 1 fully saturated rings. The van der Waals surface area contributed by atoms with E-state index in [9.17, 15) is 18.0 Å². The summed E-state index contributed by atoms with van der Waals surface area (Å²) in [4.78, 5) is 26.6. The molecule has 1 saturated heterocycles. The van der Waals surface area contributed by atoms with Crippen LogP contribution in [0.15, 0.2) is 48.5 Å². The minimum Gasteiger partial charge on any atom is -0.493 e. The van der Waals surface area contributed by atoms with Crippen LogP contribution in [0, 0.1) is 5.92 Å². The summed E-state index contributed by atoms with van der Waals surface area (Å²) in [6.45, 7) is 4.51. The summed E-state index contributed by atoms with van der Waals surface area (Å²) < 4.78 is 50.6. The van der Waals surface area contributed by atoms with E-state index >= 15 is 0 Å². The average Bonchev–Trinajstić information content (AvgIpc) is 2.92. The van der Waals surface area contributed by atoms with Crippen molar-refractivity contribution in [2.24, 2.45) is 5.92 Å². The fourth-order valence-corrected chi connectivity index (χ4v) is 4.77. The molecule has 200 valence electrons. The van der Waals surface area contributed by atoms with Crippen molar-refractivity contribution in [2.45, 2.75) is 38.9 Å². The Hall–Kier alpha value is -3.82. The third-order valence-electron chi connectivity index (χ3n) is 7.10. The smallest absolute Gasteiger partial charge is 0.416 e. The van der Waals surface area contributed by atoms with E-state index in [1.807, 2.05) is 12.1 Å². The van der Waals surface area contributed by atoms with E-state index in [1.54, 1.807) is 24.1 Å². The second kappa shape index (κ2) is 10.5. The van der Waals surface area contributed by atoms with Crippen LogP contribution in [0.3, 0.4) is 0 Å². The number of fused-ring (bicyclic) bond motifs is 1. The van der Waals surface area contributed by atoms with Gasteiger partial charge < -0.3 is 19.3 Å². The summed E-state index contributed by atoms with van der Waals surface area (Å²) in [5.74, 6) is 2.27. The van der Waals surface area contributed by atoms with E-state index in [4.69, 9.17) is 19.4 Å². The first-order valence-electron chi connectivity index (χ1n) is 12.6. The number of aromatic nitrogens is 2. The van der Waals surface area contributed by atoms with Gasteiger partial charge in [0.25, 0.3) is 5.91 Å². The van der Waals surface area contributed by atoms with Gasteiger partial charge in [0.15, 0.2) is 11.5 Å². The third kappa shape index (κ3) is 5.39. The molecule has 0 bridgehead atoms. The van der Waals surface area contributed by atoms with Gasteiger partial charge >= 0.3 is 6.18 Å². The molecule has 3 aromatic rings. The van der Waals surface area contributed by atoms with Gasteiger partial charge in [-0.15, -0.1) is 0 Å². The number of benzene rings is 2. The van der Waals surface area contributed by atoms with Gasteiger partial charge in [0.2, 0.25) is 11.8 Å². The van der Waals surface area contributed by atoms with Gasteiger partial charge in [0.1, 0.15) is 0 Å². The topological polar surface area (TPSA) is 67.8 Å². The number of carbonyl (C=O) groups excluding carboxylic acids is 1. The van der Waals surface area contributed by atoms with E-state index in [-0.39, 0.29) is 18.0 Å². The van der Waals surface area contributed by atoms with Gasteiger partial charge in [-0.2, -0.15) is 18.2 Å². The number of rotatable bonds is 5. The predicted molar refractivity (Wildman–Crippen MR) is 136 cm³/mol. The number of carbonyl (C=O) groups is 1. The van der Waals surface area contributed by atoms with Gasteiger partial charge in [-0.1, -0.05) is 19.1 Å². The molecule has 3 heterocycles. The lowest BCUT2D eigenvalue weighted by atomic mass is 9.99. The lowest BCUT2D eigenvalue weighted by Crippen LogP contribution is -2.38. The van der Waals surface area contributed by atoms with E-state index in [1.165, 1.54) is 12.1 Å². The maximum Gasteiger partial charge on any atom is 0.416 e. The monoisotopic (exact) mass is 526 g/mol. The fourth-order valence-electron chi connectivity index (χ4n) is 4.77. The number of hydrogen-bond donors (Lipinski definition) is 0. The number of halogens is 3. The number of ether oxygens (including phenoxy) is 2. The van der Waals surface area contributed by atoms with Crippen molar-refractivity contribution in [2.75, 3.05) is 31.6 Å². The highest BCUT2D eigenvalue weighted by molar-refractivity contribution is 5.94. The van der Waals surface area contributed by atoms with Crippen LogP contribution in [-0.4, -0.2) is 47.5 Å². The molecule has 2 aliphatic heterocycles. The second-order valence-corrected chi connectivity index (χ2v) is 9.73. The van der Waals surface area contributed by atoms with Crippen LogP contribution < -0.4 is 14.4 Å². The van der Waals surface area contributed by atoms with Crippen molar-refractivity contribution in [3.63, 3.8) is 0 Å². The molecule has 2 aliphatic rings. The lowest BCUT2D eigenvalue weighted by Gasteiger charge is -2.33. The van der Waals surface area contributed by atoms with Crippen molar-refractivity contribution in [3.05, 3.63) is 70.9 Å². The Bertz CT molecular complexity index is 1310. The quantitative estimate of drug-likeness (QED) is 0.423. The van der Waals surface area contributed by atoms with Gasteiger partial charge in [-0.3, -0.25) is 4.79 Å². The predicted octanol–water partition coefficient (Wildman–Crippen LogP) is 5.73. The number of piperidine rings is 1. The number of amides is 1. The number of alkyl halides is 3.